The van der Waals surface area contributed by atoms with E-state index in [2.05, 4.69) is 14.8 Å². The lowest BCUT2D eigenvalue weighted by molar-refractivity contribution is -0.119. The third-order valence-corrected chi connectivity index (χ3v) is 3.27. The summed E-state index contributed by atoms with van der Waals surface area (Å²) in [6, 6.07) is 4.29. The molecule has 0 saturated carbocycles. The molecule has 22 heavy (non-hydrogen) atoms. The Bertz CT molecular complexity index is 568. The molecule has 0 heterocycles. The third-order valence-electron chi connectivity index (χ3n) is 3.27. The highest BCUT2D eigenvalue weighted by Gasteiger charge is 2.19. The number of carbonyl (C=O) groups excluding carboxylic acids is 3. The summed E-state index contributed by atoms with van der Waals surface area (Å²) < 4.78 is 9.33. The average molecular weight is 307 g/mol. The van der Waals surface area contributed by atoms with Gasteiger partial charge < -0.3 is 14.8 Å². The molecule has 0 aliphatic carbocycles. The Balaban J connectivity index is 3.14. The summed E-state index contributed by atoms with van der Waals surface area (Å²) in [5.41, 5.74) is 0.670. The molecule has 0 saturated heterocycles. The highest BCUT2D eigenvalue weighted by molar-refractivity contribution is 6.03. The van der Waals surface area contributed by atoms with Gasteiger partial charge in [-0.05, 0) is 24.6 Å². The van der Waals surface area contributed by atoms with Crippen molar-refractivity contribution in [1.82, 2.24) is 0 Å². The number of nitrogens with one attached hydrogen (secondary N) is 1. The first-order chi connectivity index (χ1) is 10.4. The first-order valence-electron chi connectivity index (χ1n) is 7.06. The van der Waals surface area contributed by atoms with Gasteiger partial charge in [0.15, 0.2) is 0 Å². The topological polar surface area (TPSA) is 81.7 Å². The van der Waals surface area contributed by atoms with Crippen LogP contribution in [0.3, 0.4) is 0 Å². The summed E-state index contributed by atoms with van der Waals surface area (Å²) in [6.45, 7) is 3.79. The maximum Gasteiger partial charge on any atom is 0.339 e. The largest absolute Gasteiger partial charge is 0.465 e. The zero-order valence-electron chi connectivity index (χ0n) is 13.3. The minimum Gasteiger partial charge on any atom is -0.465 e. The second-order valence-corrected chi connectivity index (χ2v) is 4.92. The van der Waals surface area contributed by atoms with Crippen LogP contribution in [0.2, 0.25) is 0 Å². The minimum absolute atomic E-state index is 0.187. The Morgan fingerprint density at radius 2 is 1.77 bits per heavy atom. The van der Waals surface area contributed by atoms with Crippen molar-refractivity contribution >= 4 is 23.5 Å². The molecule has 1 aromatic rings. The van der Waals surface area contributed by atoms with E-state index in [0.717, 1.165) is 12.8 Å². The first-order valence-corrected chi connectivity index (χ1v) is 7.06. The standard InChI is InChI=1S/C16H21NO5/c1-5-6-10(2)14(18)17-13-9-11(15(19)21-3)7-8-12(13)16(20)22-4/h7-10H,5-6H2,1-4H3,(H,17,18)/t10-/m0/s1. The number of methoxy groups -OCH3 is 2. The van der Waals surface area contributed by atoms with Crippen LogP contribution >= 0.6 is 0 Å². The molecule has 120 valence electrons. The van der Waals surface area contributed by atoms with Crippen LogP contribution in [-0.4, -0.2) is 32.1 Å². The van der Waals surface area contributed by atoms with Crippen molar-refractivity contribution in [2.75, 3.05) is 19.5 Å². The summed E-state index contributed by atoms with van der Waals surface area (Å²) in [5, 5.41) is 2.68. The molecule has 0 aliphatic rings. The molecular formula is C16H21NO5. The molecule has 0 aliphatic heterocycles. The van der Waals surface area contributed by atoms with Gasteiger partial charge in [0.25, 0.3) is 0 Å². The Hall–Kier alpha value is -2.37. The van der Waals surface area contributed by atoms with Crippen molar-refractivity contribution in [2.24, 2.45) is 5.92 Å². The molecule has 6 heteroatoms. The average Bonchev–Trinajstić information content (AvgIpc) is 2.53. The van der Waals surface area contributed by atoms with E-state index in [9.17, 15) is 14.4 Å². The van der Waals surface area contributed by atoms with Gasteiger partial charge in [0.2, 0.25) is 5.91 Å². The fourth-order valence-corrected chi connectivity index (χ4v) is 2.00. The number of hydrogen-bond acceptors (Lipinski definition) is 5. The number of anilines is 1. The molecule has 0 bridgehead atoms. The molecule has 0 aromatic heterocycles. The molecule has 1 atom stereocenters. The predicted octanol–water partition coefficient (Wildman–Crippen LogP) is 2.63. The SMILES string of the molecule is CCC[C@H](C)C(=O)Nc1cc(C(=O)OC)ccc1C(=O)OC. The minimum atomic E-state index is -0.588. The second-order valence-electron chi connectivity index (χ2n) is 4.92. The normalized spacial score (nSPS) is 11.5. The lowest BCUT2D eigenvalue weighted by Crippen LogP contribution is -2.22. The van der Waals surface area contributed by atoms with E-state index in [-0.39, 0.29) is 28.6 Å². The molecule has 0 unspecified atom stereocenters. The van der Waals surface area contributed by atoms with E-state index in [1.165, 1.54) is 32.4 Å². The van der Waals surface area contributed by atoms with Crippen molar-refractivity contribution in [1.29, 1.82) is 0 Å². The maximum atomic E-state index is 12.1. The van der Waals surface area contributed by atoms with Gasteiger partial charge in [0, 0.05) is 5.92 Å². The Morgan fingerprint density at radius 3 is 2.32 bits per heavy atom. The van der Waals surface area contributed by atoms with Crippen LogP contribution in [-0.2, 0) is 14.3 Å². The van der Waals surface area contributed by atoms with Crippen LogP contribution in [0, 0.1) is 5.92 Å². The van der Waals surface area contributed by atoms with Gasteiger partial charge in [-0.3, -0.25) is 4.79 Å². The van der Waals surface area contributed by atoms with Crippen molar-refractivity contribution in [3.8, 4) is 0 Å². The molecule has 1 aromatic carbocycles. The Morgan fingerprint density at radius 1 is 1.14 bits per heavy atom. The number of ether oxygens (including phenoxy) is 2. The van der Waals surface area contributed by atoms with Crippen LogP contribution in [0.1, 0.15) is 47.4 Å². The molecule has 0 fully saturated rings. The van der Waals surface area contributed by atoms with E-state index in [1.54, 1.807) is 6.92 Å². The Kier molecular flexibility index (Phi) is 6.56. The summed E-state index contributed by atoms with van der Waals surface area (Å²) in [6.07, 6.45) is 1.61. The number of esters is 2. The molecular weight excluding hydrogens is 286 g/mol. The van der Waals surface area contributed by atoms with E-state index >= 15 is 0 Å². The van der Waals surface area contributed by atoms with Gasteiger partial charge in [-0.1, -0.05) is 20.3 Å². The fourth-order valence-electron chi connectivity index (χ4n) is 2.00. The van der Waals surface area contributed by atoms with Gasteiger partial charge in [0.05, 0.1) is 31.0 Å². The van der Waals surface area contributed by atoms with E-state index < -0.39 is 11.9 Å². The zero-order valence-corrected chi connectivity index (χ0v) is 13.3. The monoisotopic (exact) mass is 307 g/mol. The second kappa shape index (κ2) is 8.17. The first kappa shape index (κ1) is 17.7. The quantitative estimate of drug-likeness (QED) is 0.817. The number of hydrogen-bond donors (Lipinski definition) is 1. The molecule has 0 spiro atoms. The van der Waals surface area contributed by atoms with Crippen LogP contribution < -0.4 is 5.32 Å². The van der Waals surface area contributed by atoms with Crippen molar-refractivity contribution in [2.45, 2.75) is 26.7 Å². The van der Waals surface area contributed by atoms with E-state index in [0.29, 0.717) is 0 Å². The van der Waals surface area contributed by atoms with Crippen LogP contribution in [0.15, 0.2) is 18.2 Å². The van der Waals surface area contributed by atoms with E-state index in [4.69, 9.17) is 0 Å². The van der Waals surface area contributed by atoms with E-state index in [1.807, 2.05) is 6.92 Å². The number of benzene rings is 1. The maximum absolute atomic E-state index is 12.1. The number of amides is 1. The van der Waals surface area contributed by atoms with Crippen molar-refractivity contribution < 1.29 is 23.9 Å². The van der Waals surface area contributed by atoms with Crippen LogP contribution in [0.4, 0.5) is 5.69 Å². The summed E-state index contributed by atoms with van der Waals surface area (Å²) >= 11 is 0. The van der Waals surface area contributed by atoms with Gasteiger partial charge in [-0.15, -0.1) is 0 Å². The molecule has 1 rings (SSSR count). The highest BCUT2D eigenvalue weighted by atomic mass is 16.5. The third kappa shape index (κ3) is 4.31. The smallest absolute Gasteiger partial charge is 0.339 e. The summed E-state index contributed by atoms with van der Waals surface area (Å²) in [4.78, 5) is 35.5. The van der Waals surface area contributed by atoms with Crippen molar-refractivity contribution in [3.63, 3.8) is 0 Å². The molecule has 1 amide bonds. The zero-order chi connectivity index (χ0) is 16.7. The fraction of sp³-hybridized carbons (Fsp3) is 0.438. The highest BCUT2D eigenvalue weighted by Crippen LogP contribution is 2.21. The molecule has 0 radical (unpaired) electrons. The van der Waals surface area contributed by atoms with Gasteiger partial charge in [0.1, 0.15) is 0 Å². The number of carbonyl (C=O) groups is 3. The lowest BCUT2D eigenvalue weighted by atomic mass is 10.0. The summed E-state index contributed by atoms with van der Waals surface area (Å²) in [5.74, 6) is -1.55. The Labute approximate surface area is 129 Å². The van der Waals surface area contributed by atoms with Gasteiger partial charge in [-0.25, -0.2) is 9.59 Å². The van der Waals surface area contributed by atoms with Gasteiger partial charge in [-0.2, -0.15) is 0 Å². The summed E-state index contributed by atoms with van der Waals surface area (Å²) in [7, 11) is 2.51. The number of rotatable bonds is 6. The molecule has 6 nitrogen and oxygen atoms in total. The lowest BCUT2D eigenvalue weighted by Gasteiger charge is -2.14. The molecule has 1 N–H and O–H groups in total. The van der Waals surface area contributed by atoms with Crippen LogP contribution in [0.25, 0.3) is 0 Å². The predicted molar refractivity (Wildman–Crippen MR) is 81.8 cm³/mol. The van der Waals surface area contributed by atoms with Crippen molar-refractivity contribution in [3.05, 3.63) is 29.3 Å². The van der Waals surface area contributed by atoms with Crippen LogP contribution in [0.5, 0.6) is 0 Å². The van der Waals surface area contributed by atoms with Gasteiger partial charge >= 0.3 is 11.9 Å².